The summed E-state index contributed by atoms with van der Waals surface area (Å²) in [6, 6.07) is 10.6. The van der Waals surface area contributed by atoms with Gasteiger partial charge in [-0.1, -0.05) is 43.7 Å². The zero-order valence-corrected chi connectivity index (χ0v) is 13.4. The Bertz CT molecular complexity index is 358. The highest BCUT2D eigenvalue weighted by molar-refractivity contribution is 5.24. The lowest BCUT2D eigenvalue weighted by molar-refractivity contribution is 0.0967. The van der Waals surface area contributed by atoms with Gasteiger partial charge >= 0.3 is 0 Å². The molecule has 19 heavy (non-hydrogen) atoms. The van der Waals surface area contributed by atoms with Crippen LogP contribution < -0.4 is 5.32 Å². The van der Waals surface area contributed by atoms with Crippen LogP contribution in [0.5, 0.6) is 0 Å². The molecule has 0 radical (unpaired) electrons. The number of rotatable bonds is 2. The second kappa shape index (κ2) is 7.66. The van der Waals surface area contributed by atoms with Gasteiger partial charge in [0.1, 0.15) is 0 Å². The normalized spacial score (nSPS) is 25.4. The molecule has 1 heterocycles. The van der Waals surface area contributed by atoms with Crippen LogP contribution in [0.4, 0.5) is 0 Å². The smallest absolute Gasteiger partial charge is 0.0323 e. The Morgan fingerprint density at radius 2 is 1.74 bits per heavy atom. The van der Waals surface area contributed by atoms with Crippen LogP contribution in [-0.2, 0) is 0 Å². The largest absolute Gasteiger partial charge is 0.311 e. The number of aryl methyl sites for hydroxylation is 1. The Labute approximate surface area is 119 Å². The molecule has 0 saturated carbocycles. The van der Waals surface area contributed by atoms with Crippen LogP contribution in [0.15, 0.2) is 24.3 Å². The molecule has 1 N–H and O–H groups in total. The number of hydrogen-bond acceptors (Lipinski definition) is 2. The summed E-state index contributed by atoms with van der Waals surface area (Å²) in [5.74, 6) is 0. The first-order valence-corrected chi connectivity index (χ1v) is 7.65. The van der Waals surface area contributed by atoms with Gasteiger partial charge in [0.25, 0.3) is 0 Å². The van der Waals surface area contributed by atoms with Gasteiger partial charge in [-0.05, 0) is 33.3 Å². The molecule has 108 valence electrons. The molecule has 0 bridgehead atoms. The Hall–Kier alpha value is -0.860. The summed E-state index contributed by atoms with van der Waals surface area (Å²) in [4.78, 5) is 2.60. The first-order valence-electron chi connectivity index (χ1n) is 7.65. The van der Waals surface area contributed by atoms with Crippen LogP contribution in [0.2, 0.25) is 0 Å². The summed E-state index contributed by atoms with van der Waals surface area (Å²) in [6.45, 7) is 15.3. The average Bonchev–Trinajstić information content (AvgIpc) is 2.44. The lowest BCUT2D eigenvalue weighted by Gasteiger charge is -2.42. The molecule has 0 aliphatic carbocycles. The van der Waals surface area contributed by atoms with Crippen molar-refractivity contribution >= 4 is 0 Å². The second-order valence-corrected chi connectivity index (χ2v) is 5.31. The molecule has 1 aliphatic heterocycles. The maximum absolute atomic E-state index is 3.54. The van der Waals surface area contributed by atoms with E-state index in [2.05, 4.69) is 62.2 Å². The van der Waals surface area contributed by atoms with Gasteiger partial charge in [0.15, 0.2) is 0 Å². The van der Waals surface area contributed by atoms with E-state index in [0.717, 1.165) is 13.1 Å². The van der Waals surface area contributed by atoms with E-state index in [1.165, 1.54) is 11.1 Å². The van der Waals surface area contributed by atoms with E-state index in [1.807, 2.05) is 13.8 Å². The fraction of sp³-hybridized carbons (Fsp3) is 0.647. The monoisotopic (exact) mass is 262 g/mol. The van der Waals surface area contributed by atoms with Gasteiger partial charge in [0, 0.05) is 31.2 Å². The molecule has 3 unspecified atom stereocenters. The maximum atomic E-state index is 3.54. The van der Waals surface area contributed by atoms with Crippen molar-refractivity contribution in [2.75, 3.05) is 13.1 Å². The number of benzene rings is 1. The van der Waals surface area contributed by atoms with E-state index in [4.69, 9.17) is 0 Å². The standard InChI is InChI=1S/C15H24N2.C2H6/c1-11-5-7-15(8-6-11)14(4)17-10-9-16-12(2)13(17)3;1-2/h5-8,12-14,16H,9-10H2,1-4H3;1-2H3. The number of nitrogens with one attached hydrogen (secondary N) is 1. The van der Waals surface area contributed by atoms with Gasteiger partial charge in [-0.3, -0.25) is 4.90 Å². The maximum Gasteiger partial charge on any atom is 0.0323 e. The lowest BCUT2D eigenvalue weighted by atomic mass is 9.99. The second-order valence-electron chi connectivity index (χ2n) is 5.31. The van der Waals surface area contributed by atoms with E-state index < -0.39 is 0 Å². The zero-order chi connectivity index (χ0) is 14.4. The first kappa shape index (κ1) is 16.2. The van der Waals surface area contributed by atoms with Crippen molar-refractivity contribution in [2.45, 2.75) is 59.7 Å². The Morgan fingerprint density at radius 3 is 2.32 bits per heavy atom. The van der Waals surface area contributed by atoms with Crippen molar-refractivity contribution in [1.82, 2.24) is 10.2 Å². The molecule has 1 aliphatic rings. The average molecular weight is 262 g/mol. The summed E-state index contributed by atoms with van der Waals surface area (Å²) in [5.41, 5.74) is 2.76. The molecule has 1 aromatic rings. The SMILES string of the molecule is CC.Cc1ccc(C(C)N2CCNC(C)C2C)cc1. The summed E-state index contributed by atoms with van der Waals surface area (Å²) in [7, 11) is 0. The third-order valence-corrected chi connectivity index (χ3v) is 4.14. The molecule has 1 aromatic carbocycles. The molecule has 1 saturated heterocycles. The number of piperazine rings is 1. The van der Waals surface area contributed by atoms with Gasteiger partial charge < -0.3 is 5.32 Å². The number of hydrogen-bond donors (Lipinski definition) is 1. The van der Waals surface area contributed by atoms with Crippen LogP contribution >= 0.6 is 0 Å². The molecule has 2 nitrogen and oxygen atoms in total. The molecule has 2 rings (SSSR count). The van der Waals surface area contributed by atoms with Crippen LogP contribution in [0.25, 0.3) is 0 Å². The van der Waals surface area contributed by atoms with Crippen molar-refractivity contribution in [2.24, 2.45) is 0 Å². The minimum atomic E-state index is 0.509. The zero-order valence-electron chi connectivity index (χ0n) is 13.4. The van der Waals surface area contributed by atoms with Gasteiger partial charge in [-0.2, -0.15) is 0 Å². The molecular weight excluding hydrogens is 232 g/mol. The minimum Gasteiger partial charge on any atom is -0.311 e. The summed E-state index contributed by atoms with van der Waals surface area (Å²) >= 11 is 0. The molecule has 0 spiro atoms. The van der Waals surface area contributed by atoms with E-state index in [-0.39, 0.29) is 0 Å². The van der Waals surface area contributed by atoms with E-state index in [0.29, 0.717) is 18.1 Å². The van der Waals surface area contributed by atoms with Gasteiger partial charge in [0.2, 0.25) is 0 Å². The summed E-state index contributed by atoms with van der Waals surface area (Å²) in [6.07, 6.45) is 0. The predicted octanol–water partition coefficient (Wildman–Crippen LogP) is 3.76. The van der Waals surface area contributed by atoms with Crippen LogP contribution in [0, 0.1) is 6.92 Å². The van der Waals surface area contributed by atoms with E-state index in [1.54, 1.807) is 0 Å². The molecular formula is C17H30N2. The molecule has 2 heteroatoms. The Kier molecular flexibility index (Phi) is 6.53. The van der Waals surface area contributed by atoms with Crippen molar-refractivity contribution in [3.05, 3.63) is 35.4 Å². The topological polar surface area (TPSA) is 15.3 Å². The van der Waals surface area contributed by atoms with Gasteiger partial charge in [-0.25, -0.2) is 0 Å². The predicted molar refractivity (Wildman–Crippen MR) is 84.6 cm³/mol. The summed E-state index contributed by atoms with van der Waals surface area (Å²) in [5, 5.41) is 3.54. The molecule has 0 amide bonds. The highest BCUT2D eigenvalue weighted by Gasteiger charge is 2.28. The lowest BCUT2D eigenvalue weighted by Crippen LogP contribution is -2.55. The third-order valence-electron chi connectivity index (χ3n) is 4.14. The minimum absolute atomic E-state index is 0.509. The van der Waals surface area contributed by atoms with Crippen LogP contribution in [-0.4, -0.2) is 30.1 Å². The third kappa shape index (κ3) is 4.05. The highest BCUT2D eigenvalue weighted by atomic mass is 15.2. The summed E-state index contributed by atoms with van der Waals surface area (Å²) < 4.78 is 0. The Morgan fingerprint density at radius 1 is 1.16 bits per heavy atom. The van der Waals surface area contributed by atoms with Crippen molar-refractivity contribution in [3.63, 3.8) is 0 Å². The van der Waals surface area contributed by atoms with Crippen LogP contribution in [0.3, 0.4) is 0 Å². The van der Waals surface area contributed by atoms with Gasteiger partial charge in [0.05, 0.1) is 0 Å². The van der Waals surface area contributed by atoms with Crippen molar-refractivity contribution < 1.29 is 0 Å². The highest BCUT2D eigenvalue weighted by Crippen LogP contribution is 2.25. The van der Waals surface area contributed by atoms with Crippen LogP contribution in [0.1, 0.15) is 51.8 Å². The van der Waals surface area contributed by atoms with Crippen molar-refractivity contribution in [3.8, 4) is 0 Å². The fourth-order valence-corrected chi connectivity index (χ4v) is 2.67. The quantitative estimate of drug-likeness (QED) is 0.873. The first-order chi connectivity index (χ1) is 9.09. The molecule has 0 aromatic heterocycles. The van der Waals surface area contributed by atoms with E-state index in [9.17, 15) is 0 Å². The Balaban J connectivity index is 0.000000861. The van der Waals surface area contributed by atoms with E-state index >= 15 is 0 Å². The molecule has 1 fully saturated rings. The fourth-order valence-electron chi connectivity index (χ4n) is 2.67. The number of nitrogens with zero attached hydrogens (tertiary/aromatic N) is 1. The molecule has 3 atom stereocenters. The van der Waals surface area contributed by atoms with Gasteiger partial charge in [-0.15, -0.1) is 0 Å². The van der Waals surface area contributed by atoms with Crippen molar-refractivity contribution in [1.29, 1.82) is 0 Å².